The molecule has 1 N–H and O–H groups in total. The van der Waals surface area contributed by atoms with Gasteiger partial charge in [-0.25, -0.2) is 4.79 Å². The van der Waals surface area contributed by atoms with Crippen LogP contribution in [-0.4, -0.2) is 36.4 Å². The van der Waals surface area contributed by atoms with E-state index in [1.165, 1.54) is 64.2 Å². The number of carbonyl (C=O) groups excluding carboxylic acids is 2. The molecular formula is C28H52O5. The van der Waals surface area contributed by atoms with E-state index in [2.05, 4.69) is 13.0 Å². The smallest absolute Gasteiger partial charge is 0.335 e. The highest BCUT2D eigenvalue weighted by atomic mass is 16.5. The van der Waals surface area contributed by atoms with Crippen molar-refractivity contribution in [2.75, 3.05) is 13.2 Å². The van der Waals surface area contributed by atoms with Crippen LogP contribution in [0.4, 0.5) is 0 Å². The number of carbonyl (C=O) groups is 2. The molecule has 5 nitrogen and oxygen atoms in total. The van der Waals surface area contributed by atoms with Crippen LogP contribution in [0.5, 0.6) is 0 Å². The minimum atomic E-state index is -1.06. The van der Waals surface area contributed by atoms with Crippen molar-refractivity contribution in [2.45, 2.75) is 136 Å². The molecule has 0 fully saturated rings. The van der Waals surface area contributed by atoms with E-state index in [0.717, 1.165) is 38.5 Å². The van der Waals surface area contributed by atoms with Crippen molar-refractivity contribution >= 4 is 11.9 Å². The molecule has 0 radical (unpaired) electrons. The summed E-state index contributed by atoms with van der Waals surface area (Å²) < 4.78 is 9.97. The van der Waals surface area contributed by atoms with Crippen LogP contribution >= 0.6 is 0 Å². The molecule has 0 amide bonds. The summed E-state index contributed by atoms with van der Waals surface area (Å²) in [6.07, 6.45) is 21.9. The monoisotopic (exact) mass is 468 g/mol. The molecule has 0 aliphatic rings. The quantitative estimate of drug-likeness (QED) is 0.0967. The van der Waals surface area contributed by atoms with Crippen LogP contribution < -0.4 is 0 Å². The zero-order chi connectivity index (χ0) is 24.6. The van der Waals surface area contributed by atoms with Crippen LogP contribution in [0.15, 0.2) is 12.2 Å². The number of aliphatic hydroxyl groups is 1. The molecule has 0 aromatic rings. The van der Waals surface area contributed by atoms with Crippen molar-refractivity contribution in [3.8, 4) is 0 Å². The molecular weight excluding hydrogens is 416 g/mol. The van der Waals surface area contributed by atoms with Gasteiger partial charge in [-0.1, -0.05) is 96.1 Å². The molecule has 0 aliphatic heterocycles. The van der Waals surface area contributed by atoms with Crippen molar-refractivity contribution in [3.63, 3.8) is 0 Å². The second-order valence-electron chi connectivity index (χ2n) is 9.02. The summed E-state index contributed by atoms with van der Waals surface area (Å²) in [7, 11) is 0. The van der Waals surface area contributed by atoms with Crippen molar-refractivity contribution in [1.82, 2.24) is 0 Å². The van der Waals surface area contributed by atoms with E-state index in [0.29, 0.717) is 19.6 Å². The first-order chi connectivity index (χ1) is 16.1. The molecule has 0 heterocycles. The van der Waals surface area contributed by atoms with Gasteiger partial charge in [0.2, 0.25) is 0 Å². The fourth-order valence-electron chi connectivity index (χ4n) is 4.02. The van der Waals surface area contributed by atoms with E-state index in [4.69, 9.17) is 9.47 Å². The van der Waals surface area contributed by atoms with E-state index >= 15 is 0 Å². The number of unbranched alkanes of at least 4 members (excludes halogenated alkanes) is 13. The molecule has 2 atom stereocenters. The maximum atomic E-state index is 12.0. The first-order valence-electron chi connectivity index (χ1n) is 13.7. The molecule has 0 aliphatic carbocycles. The molecule has 0 saturated carbocycles. The summed E-state index contributed by atoms with van der Waals surface area (Å²) in [5.74, 6) is -0.733. The average molecular weight is 469 g/mol. The van der Waals surface area contributed by atoms with E-state index in [9.17, 15) is 14.7 Å². The standard InChI is InChI=1S/C28H52O5/c1-4-7-8-9-13-16-19-22-25(27(30)28(31)33-6-3)23-20-17-14-11-10-12-15-18-21-24-26(29)32-5-2/h19,22,25,27,30H,4-18,20-21,23-24H2,1-3H3/b22-19+. The Morgan fingerprint density at radius 2 is 1.27 bits per heavy atom. The SMILES string of the molecule is CCCCCCC/C=C/C(CCCCCCCCCCCC(=O)OCC)C(O)C(=O)OCC. The van der Waals surface area contributed by atoms with Gasteiger partial charge in [-0.05, 0) is 39.5 Å². The summed E-state index contributed by atoms with van der Waals surface area (Å²) in [4.78, 5) is 23.3. The minimum absolute atomic E-state index is 0.0781. The normalized spacial score (nSPS) is 13.2. The molecule has 2 unspecified atom stereocenters. The lowest BCUT2D eigenvalue weighted by molar-refractivity contribution is -0.155. The lowest BCUT2D eigenvalue weighted by Gasteiger charge is -2.18. The Hall–Kier alpha value is -1.36. The van der Waals surface area contributed by atoms with E-state index in [1.807, 2.05) is 13.0 Å². The van der Waals surface area contributed by atoms with Crippen LogP contribution in [0.2, 0.25) is 0 Å². The van der Waals surface area contributed by atoms with Crippen molar-refractivity contribution < 1.29 is 24.2 Å². The first-order valence-corrected chi connectivity index (χ1v) is 13.7. The molecule has 0 rings (SSSR count). The van der Waals surface area contributed by atoms with Crippen molar-refractivity contribution in [3.05, 3.63) is 12.2 Å². The predicted molar refractivity (Wildman–Crippen MR) is 136 cm³/mol. The van der Waals surface area contributed by atoms with Crippen LogP contribution in [0.3, 0.4) is 0 Å². The highest BCUT2D eigenvalue weighted by Gasteiger charge is 2.24. The zero-order valence-corrected chi connectivity index (χ0v) is 21.8. The number of hydrogen-bond donors (Lipinski definition) is 1. The fourth-order valence-corrected chi connectivity index (χ4v) is 4.02. The molecule has 5 heteroatoms. The van der Waals surface area contributed by atoms with Gasteiger partial charge in [0.15, 0.2) is 6.10 Å². The molecule has 0 saturated heterocycles. The topological polar surface area (TPSA) is 72.8 Å². The Morgan fingerprint density at radius 3 is 1.88 bits per heavy atom. The number of ether oxygens (including phenoxy) is 2. The second kappa shape index (κ2) is 23.8. The third kappa shape index (κ3) is 19.8. The molecule has 0 bridgehead atoms. The second-order valence-corrected chi connectivity index (χ2v) is 9.02. The number of rotatable bonds is 23. The maximum Gasteiger partial charge on any atom is 0.335 e. The van der Waals surface area contributed by atoms with Gasteiger partial charge in [0, 0.05) is 12.3 Å². The van der Waals surface area contributed by atoms with E-state index in [1.54, 1.807) is 6.92 Å². The predicted octanol–water partition coefficient (Wildman–Crippen LogP) is 7.30. The molecule has 194 valence electrons. The molecule has 0 aromatic carbocycles. The van der Waals surface area contributed by atoms with Gasteiger partial charge in [0.25, 0.3) is 0 Å². The van der Waals surface area contributed by atoms with Crippen LogP contribution in [0.1, 0.15) is 130 Å². The van der Waals surface area contributed by atoms with Gasteiger partial charge < -0.3 is 14.6 Å². The average Bonchev–Trinajstić information content (AvgIpc) is 2.80. The Kier molecular flexibility index (Phi) is 22.8. The number of allylic oxidation sites excluding steroid dienone is 1. The van der Waals surface area contributed by atoms with E-state index in [-0.39, 0.29) is 11.9 Å². The molecule has 0 aromatic heterocycles. The maximum absolute atomic E-state index is 12.0. The Labute approximate surface area is 203 Å². The summed E-state index contributed by atoms with van der Waals surface area (Å²) in [6, 6.07) is 0. The van der Waals surface area contributed by atoms with Gasteiger partial charge in [-0.2, -0.15) is 0 Å². The summed E-state index contributed by atoms with van der Waals surface area (Å²) in [5, 5.41) is 10.4. The summed E-state index contributed by atoms with van der Waals surface area (Å²) >= 11 is 0. The number of esters is 2. The highest BCUT2D eigenvalue weighted by Crippen LogP contribution is 2.19. The first kappa shape index (κ1) is 31.6. The lowest BCUT2D eigenvalue weighted by Crippen LogP contribution is -2.30. The third-order valence-electron chi connectivity index (χ3n) is 6.01. The largest absolute Gasteiger partial charge is 0.466 e. The van der Waals surface area contributed by atoms with E-state index < -0.39 is 12.1 Å². The van der Waals surface area contributed by atoms with Crippen molar-refractivity contribution in [1.29, 1.82) is 0 Å². The third-order valence-corrected chi connectivity index (χ3v) is 6.01. The van der Waals surface area contributed by atoms with Crippen LogP contribution in [-0.2, 0) is 19.1 Å². The van der Waals surface area contributed by atoms with Crippen LogP contribution in [0.25, 0.3) is 0 Å². The van der Waals surface area contributed by atoms with Gasteiger partial charge >= 0.3 is 11.9 Å². The summed E-state index contributed by atoms with van der Waals surface area (Å²) in [6.45, 7) is 6.60. The Balaban J connectivity index is 4.00. The Bertz CT molecular complexity index is 489. The van der Waals surface area contributed by atoms with Crippen LogP contribution in [0, 0.1) is 5.92 Å². The minimum Gasteiger partial charge on any atom is -0.466 e. The summed E-state index contributed by atoms with van der Waals surface area (Å²) in [5.41, 5.74) is 0. The zero-order valence-electron chi connectivity index (χ0n) is 21.8. The number of hydrogen-bond acceptors (Lipinski definition) is 5. The molecule has 33 heavy (non-hydrogen) atoms. The van der Waals surface area contributed by atoms with Gasteiger partial charge in [-0.15, -0.1) is 0 Å². The van der Waals surface area contributed by atoms with Gasteiger partial charge in [-0.3, -0.25) is 4.79 Å². The lowest BCUT2D eigenvalue weighted by atomic mass is 9.93. The Morgan fingerprint density at radius 1 is 0.727 bits per heavy atom. The number of aliphatic hydroxyl groups excluding tert-OH is 1. The molecule has 0 spiro atoms. The highest BCUT2D eigenvalue weighted by molar-refractivity contribution is 5.75. The van der Waals surface area contributed by atoms with Gasteiger partial charge in [0.1, 0.15) is 0 Å². The van der Waals surface area contributed by atoms with Gasteiger partial charge in [0.05, 0.1) is 13.2 Å². The van der Waals surface area contributed by atoms with Crippen molar-refractivity contribution in [2.24, 2.45) is 5.92 Å². The fraction of sp³-hybridized carbons (Fsp3) is 0.857.